The molecule has 2 atom stereocenters. The Morgan fingerprint density at radius 1 is 0.365 bits per heavy atom. The van der Waals surface area contributed by atoms with Crippen molar-refractivity contribution in [3.8, 4) is 0 Å². The molecule has 0 saturated heterocycles. The molecule has 0 fully saturated rings. The Kier molecular flexibility index (Phi) is 64.1. The van der Waals surface area contributed by atoms with E-state index >= 15 is 0 Å². The number of hydrogen-bond donors (Lipinski definition) is 0. The van der Waals surface area contributed by atoms with Gasteiger partial charge in [-0.05, 0) is 64.2 Å². The van der Waals surface area contributed by atoms with Gasteiger partial charge >= 0.3 is 11.9 Å². The minimum atomic E-state index is -1.63. The molecule has 0 N–H and O–H groups in total. The third-order valence-corrected chi connectivity index (χ3v) is 16.0. The molecule has 0 spiro atoms. The highest BCUT2D eigenvalue weighted by Gasteiger charge is 2.22. The van der Waals surface area contributed by atoms with Crippen molar-refractivity contribution in [1.82, 2.24) is 0 Å². The Balaban J connectivity index is 4.08. The number of carboxylic acids is 1. The molecule has 0 radical (unpaired) electrons. The van der Waals surface area contributed by atoms with Crippen LogP contribution in [0.2, 0.25) is 0 Å². The van der Waals surface area contributed by atoms with Gasteiger partial charge in [-0.3, -0.25) is 9.59 Å². The highest BCUT2D eigenvalue weighted by atomic mass is 16.7. The van der Waals surface area contributed by atoms with Crippen LogP contribution in [0.15, 0.2) is 72.9 Å². The van der Waals surface area contributed by atoms with Crippen LogP contribution >= 0.6 is 0 Å². The van der Waals surface area contributed by atoms with Crippen LogP contribution in [0.3, 0.4) is 0 Å². The molecule has 0 rings (SSSR count). The van der Waals surface area contributed by atoms with Gasteiger partial charge in [-0.2, -0.15) is 0 Å². The number of aliphatic carboxylic acids is 1. The number of carbonyl (C=O) groups is 3. The average molecular weight is 1190 g/mol. The number of nitrogens with zero attached hydrogens (tertiary/aromatic N) is 1. The summed E-state index contributed by atoms with van der Waals surface area (Å²) in [5.74, 6) is -2.28. The summed E-state index contributed by atoms with van der Waals surface area (Å²) in [5, 5.41) is 11.8. The van der Waals surface area contributed by atoms with Gasteiger partial charge in [-0.15, -0.1) is 0 Å². The molecule has 494 valence electrons. The molecule has 0 aromatic carbocycles. The Bertz CT molecular complexity index is 1620. The Morgan fingerprint density at radius 2 is 0.671 bits per heavy atom. The van der Waals surface area contributed by atoms with Crippen LogP contribution in [0.4, 0.5) is 0 Å². The maximum atomic E-state index is 12.9. The van der Waals surface area contributed by atoms with Gasteiger partial charge in [-0.25, -0.2) is 0 Å². The van der Waals surface area contributed by atoms with Crippen LogP contribution < -0.4 is 5.11 Å². The lowest BCUT2D eigenvalue weighted by Crippen LogP contribution is -2.44. The van der Waals surface area contributed by atoms with E-state index in [1.54, 1.807) is 0 Å². The molecular formula is C76H137NO8. The van der Waals surface area contributed by atoms with E-state index in [0.29, 0.717) is 23.9 Å². The van der Waals surface area contributed by atoms with Crippen molar-refractivity contribution in [2.24, 2.45) is 0 Å². The number of hydrogen-bond acceptors (Lipinski definition) is 8. The number of unbranched alkanes of at least 4 members (excludes halogenated alkanes) is 40. The number of ether oxygens (including phenoxy) is 4. The number of carbonyl (C=O) groups excluding carboxylic acids is 3. The van der Waals surface area contributed by atoms with Crippen molar-refractivity contribution in [2.75, 3.05) is 47.5 Å². The molecule has 9 nitrogen and oxygen atoms in total. The summed E-state index contributed by atoms with van der Waals surface area (Å²) in [6, 6.07) is 0. The first kappa shape index (κ1) is 81.7. The summed E-state index contributed by atoms with van der Waals surface area (Å²) in [7, 11) is 5.93. The minimum absolute atomic E-state index is 0.144. The number of esters is 2. The Labute approximate surface area is 526 Å². The third kappa shape index (κ3) is 68.1. The van der Waals surface area contributed by atoms with Crippen molar-refractivity contribution in [3.05, 3.63) is 72.9 Å². The zero-order chi connectivity index (χ0) is 61.9. The van der Waals surface area contributed by atoms with Crippen molar-refractivity contribution in [1.29, 1.82) is 0 Å². The highest BCUT2D eigenvalue weighted by Crippen LogP contribution is 2.19. The van der Waals surface area contributed by atoms with E-state index in [1.165, 1.54) is 218 Å². The zero-order valence-corrected chi connectivity index (χ0v) is 56.5. The first-order valence-corrected chi connectivity index (χ1v) is 36.1. The molecule has 0 bridgehead atoms. The van der Waals surface area contributed by atoms with Crippen LogP contribution in [-0.4, -0.2) is 82.3 Å². The van der Waals surface area contributed by atoms with Gasteiger partial charge in [0.1, 0.15) is 13.2 Å². The molecule has 0 heterocycles. The van der Waals surface area contributed by atoms with Crippen LogP contribution in [0, 0.1) is 0 Å². The second kappa shape index (κ2) is 66.7. The third-order valence-electron chi connectivity index (χ3n) is 16.0. The highest BCUT2D eigenvalue weighted by molar-refractivity contribution is 5.70. The first-order valence-electron chi connectivity index (χ1n) is 36.1. The van der Waals surface area contributed by atoms with Crippen molar-refractivity contribution < 1.29 is 42.9 Å². The Morgan fingerprint density at radius 3 is 1.00 bits per heavy atom. The van der Waals surface area contributed by atoms with E-state index in [0.717, 1.165) is 83.5 Å². The van der Waals surface area contributed by atoms with E-state index in [9.17, 15) is 19.5 Å². The first-order chi connectivity index (χ1) is 41.6. The largest absolute Gasteiger partial charge is 0.545 e. The van der Waals surface area contributed by atoms with Crippen molar-refractivity contribution >= 4 is 17.9 Å². The normalized spacial score (nSPS) is 13.1. The lowest BCUT2D eigenvalue weighted by Gasteiger charge is -2.26. The quantitative estimate of drug-likeness (QED) is 0.0195. The smallest absolute Gasteiger partial charge is 0.306 e. The zero-order valence-electron chi connectivity index (χ0n) is 56.5. The molecule has 0 aliphatic rings. The molecule has 0 amide bonds. The monoisotopic (exact) mass is 1190 g/mol. The number of carboxylic acid groups (broad SMARTS) is 1. The predicted octanol–water partition coefficient (Wildman–Crippen LogP) is 21.1. The van der Waals surface area contributed by atoms with Crippen LogP contribution in [0.5, 0.6) is 0 Å². The van der Waals surface area contributed by atoms with Crippen LogP contribution in [-0.2, 0) is 33.3 Å². The molecule has 0 aromatic rings. The SMILES string of the molecule is CC/C=C\C/C=C\C/C=C\C/C=C\C/C=C\C/C=C\CCCCCCCCCCC(=O)OC(COC(=O)CCCCCCCCCCCCCCCCCCCCCCCCCCCCCCCCCCC)COC(OCC[N+](C)(C)C)C(=O)[O-]. The van der Waals surface area contributed by atoms with Gasteiger partial charge in [-0.1, -0.05) is 331 Å². The molecule has 0 aliphatic heterocycles. The topological polar surface area (TPSA) is 111 Å². The molecule has 0 saturated carbocycles. The summed E-state index contributed by atoms with van der Waals surface area (Å²) in [6.07, 6.45) is 85.7. The maximum Gasteiger partial charge on any atom is 0.306 e. The summed E-state index contributed by atoms with van der Waals surface area (Å²) in [5.41, 5.74) is 0. The summed E-state index contributed by atoms with van der Waals surface area (Å²) < 4.78 is 22.8. The summed E-state index contributed by atoms with van der Waals surface area (Å²) >= 11 is 0. The number of likely N-dealkylation sites (N-methyl/N-ethyl adjacent to an activating group) is 1. The van der Waals surface area contributed by atoms with Gasteiger partial charge < -0.3 is 33.3 Å². The van der Waals surface area contributed by atoms with Crippen LogP contribution in [0.1, 0.15) is 335 Å². The summed E-state index contributed by atoms with van der Waals surface area (Å²) in [4.78, 5) is 37.5. The van der Waals surface area contributed by atoms with E-state index in [1.807, 2.05) is 21.1 Å². The number of quaternary nitrogens is 1. The molecule has 0 aromatic heterocycles. The Hall–Kier alpha value is -3.27. The van der Waals surface area contributed by atoms with E-state index in [4.69, 9.17) is 18.9 Å². The van der Waals surface area contributed by atoms with Gasteiger partial charge in [0.15, 0.2) is 12.4 Å². The fraction of sp³-hybridized carbons (Fsp3) is 0.803. The fourth-order valence-electron chi connectivity index (χ4n) is 10.5. The van der Waals surface area contributed by atoms with Gasteiger partial charge in [0.2, 0.25) is 0 Å². The summed E-state index contributed by atoms with van der Waals surface area (Å²) in [6.45, 7) is 4.67. The van der Waals surface area contributed by atoms with Crippen molar-refractivity contribution in [3.63, 3.8) is 0 Å². The van der Waals surface area contributed by atoms with Crippen molar-refractivity contribution in [2.45, 2.75) is 347 Å². The second-order valence-corrected chi connectivity index (χ2v) is 25.5. The molecule has 2 unspecified atom stereocenters. The number of allylic oxidation sites excluding steroid dienone is 12. The van der Waals surface area contributed by atoms with Gasteiger partial charge in [0.05, 0.1) is 40.3 Å². The molecule has 85 heavy (non-hydrogen) atoms. The van der Waals surface area contributed by atoms with E-state index < -0.39 is 24.3 Å². The fourth-order valence-corrected chi connectivity index (χ4v) is 10.5. The van der Waals surface area contributed by atoms with Gasteiger partial charge in [0.25, 0.3) is 0 Å². The van der Waals surface area contributed by atoms with Gasteiger partial charge in [0, 0.05) is 12.8 Å². The van der Waals surface area contributed by atoms with Crippen LogP contribution in [0.25, 0.3) is 0 Å². The lowest BCUT2D eigenvalue weighted by molar-refractivity contribution is -0.870. The molecular weight excluding hydrogens is 1050 g/mol. The predicted molar refractivity (Wildman–Crippen MR) is 361 cm³/mol. The maximum absolute atomic E-state index is 12.9. The standard InChI is InChI=1S/C76H137NO8/c1-6-8-10-12-14-16-18-20-22-24-26-28-30-32-34-35-36-37-38-39-41-42-44-46-48-50-52-54-56-58-60-62-64-66-73(78)83-70-72(71-84-76(75(80)81)82-69-68-77(3,4)5)85-74(79)67-65-63-61-59-57-55-53-51-49-47-45-43-40-33-31-29-27-25-23-21-19-17-15-13-11-9-7-2/h9,11,15,17,21,23,27,29,33,40,45,47,72,76H,6-8,10,12-14,16,18-20,22,24-26,28,30-32,34-39,41-44,46,48-71H2,1-5H3/b11-9-,17-15-,23-21-,29-27-,40-33-,47-45-. The molecule has 9 heteroatoms. The van der Waals surface area contributed by atoms with E-state index in [2.05, 4.69) is 86.8 Å². The average Bonchev–Trinajstić information content (AvgIpc) is 3.48. The van der Waals surface area contributed by atoms with E-state index in [-0.39, 0.29) is 32.2 Å². The molecule has 0 aliphatic carbocycles. The number of rotatable bonds is 67. The second-order valence-electron chi connectivity index (χ2n) is 25.5. The lowest BCUT2D eigenvalue weighted by atomic mass is 10.0. The minimum Gasteiger partial charge on any atom is -0.545 e.